The molecule has 1 aromatic carbocycles. The molecule has 0 radical (unpaired) electrons. The van der Waals surface area contributed by atoms with Crippen molar-refractivity contribution in [3.63, 3.8) is 0 Å². The van der Waals surface area contributed by atoms with E-state index in [1.165, 1.54) is 10.6 Å². The molecule has 0 atom stereocenters. The zero-order valence-corrected chi connectivity index (χ0v) is 16.9. The maximum Gasteiger partial charge on any atom is 0.259 e. The summed E-state index contributed by atoms with van der Waals surface area (Å²) in [4.78, 5) is 15.4. The predicted octanol–water partition coefficient (Wildman–Crippen LogP) is 3.07. The van der Waals surface area contributed by atoms with Gasteiger partial charge in [-0.2, -0.15) is 5.10 Å². The topological polar surface area (TPSA) is 66.0 Å². The quantitative estimate of drug-likeness (QED) is 0.592. The van der Waals surface area contributed by atoms with Gasteiger partial charge in [0.15, 0.2) is 0 Å². The molecule has 2 N–H and O–H groups in total. The van der Waals surface area contributed by atoms with E-state index in [-0.39, 0.29) is 12.5 Å². The summed E-state index contributed by atoms with van der Waals surface area (Å²) in [6.45, 7) is 9.71. The first-order valence-electron chi connectivity index (χ1n) is 9.09. The lowest BCUT2D eigenvalue weighted by atomic mass is 10.1. The number of amides is 1. The molecule has 0 unspecified atom stereocenters. The summed E-state index contributed by atoms with van der Waals surface area (Å²) in [5.41, 5.74) is 7.08. The molecule has 2 heterocycles. The molecular weight excluding hydrogens is 360 g/mol. The highest BCUT2D eigenvalue weighted by Crippen LogP contribution is 2.25. The third kappa shape index (κ3) is 5.30. The highest BCUT2D eigenvalue weighted by molar-refractivity contribution is 7.17. The zero-order valence-electron chi connectivity index (χ0n) is 16.0. The van der Waals surface area contributed by atoms with E-state index < -0.39 is 0 Å². The molecule has 7 heteroatoms. The van der Waals surface area contributed by atoms with Crippen molar-refractivity contribution in [1.29, 1.82) is 0 Å². The number of hydrogen-bond donors (Lipinski definition) is 2. The van der Waals surface area contributed by atoms with Crippen LogP contribution in [0.1, 0.15) is 21.6 Å². The van der Waals surface area contributed by atoms with Gasteiger partial charge in [0, 0.05) is 23.7 Å². The van der Waals surface area contributed by atoms with E-state index in [0.717, 1.165) is 48.0 Å². The normalized spacial score (nSPS) is 14.6. The van der Waals surface area contributed by atoms with Crippen molar-refractivity contribution in [1.82, 2.24) is 5.43 Å². The number of nitrogens with one attached hydrogen (secondary N) is 2. The Balaban J connectivity index is 1.48. The van der Waals surface area contributed by atoms with Gasteiger partial charge in [0.1, 0.15) is 0 Å². The van der Waals surface area contributed by atoms with Crippen LogP contribution in [0.15, 0.2) is 29.4 Å². The minimum Gasteiger partial charge on any atom is -0.378 e. The fourth-order valence-corrected chi connectivity index (χ4v) is 4.13. The van der Waals surface area contributed by atoms with Crippen molar-refractivity contribution in [2.45, 2.75) is 20.8 Å². The standard InChI is InChI=1S/C20H26N4O2S/c1-14-10-15(2)20(16(3)11-14)21-13-18(25)23-22-12-17-4-5-19(27-17)24-6-8-26-9-7-24/h4-5,10-12,21H,6-9,13H2,1-3H3,(H,23,25)/b22-12-. The number of ether oxygens (including phenoxy) is 1. The van der Waals surface area contributed by atoms with Crippen molar-refractivity contribution in [3.05, 3.63) is 45.8 Å². The highest BCUT2D eigenvalue weighted by atomic mass is 32.1. The van der Waals surface area contributed by atoms with Gasteiger partial charge in [0.25, 0.3) is 5.91 Å². The van der Waals surface area contributed by atoms with E-state index >= 15 is 0 Å². The van der Waals surface area contributed by atoms with Crippen LogP contribution in [0.2, 0.25) is 0 Å². The molecule has 1 amide bonds. The molecule has 144 valence electrons. The van der Waals surface area contributed by atoms with Crippen LogP contribution in [0.3, 0.4) is 0 Å². The van der Waals surface area contributed by atoms with Gasteiger partial charge in [-0.3, -0.25) is 4.79 Å². The van der Waals surface area contributed by atoms with Crippen molar-refractivity contribution in [2.75, 3.05) is 43.1 Å². The van der Waals surface area contributed by atoms with Crippen LogP contribution in [0.25, 0.3) is 0 Å². The Morgan fingerprint density at radius 3 is 2.63 bits per heavy atom. The molecule has 0 spiro atoms. The Morgan fingerprint density at radius 1 is 1.22 bits per heavy atom. The maximum absolute atomic E-state index is 12.0. The monoisotopic (exact) mass is 386 g/mol. The van der Waals surface area contributed by atoms with E-state index in [1.54, 1.807) is 17.6 Å². The van der Waals surface area contributed by atoms with E-state index in [0.29, 0.717) is 0 Å². The zero-order chi connectivity index (χ0) is 19.2. The summed E-state index contributed by atoms with van der Waals surface area (Å²) >= 11 is 1.66. The van der Waals surface area contributed by atoms with Crippen molar-refractivity contribution < 1.29 is 9.53 Å². The number of morpholine rings is 1. The number of aryl methyl sites for hydroxylation is 3. The largest absolute Gasteiger partial charge is 0.378 e. The summed E-state index contributed by atoms with van der Waals surface area (Å²) in [6, 6.07) is 8.31. The van der Waals surface area contributed by atoms with Gasteiger partial charge in [-0.1, -0.05) is 17.7 Å². The van der Waals surface area contributed by atoms with Gasteiger partial charge in [-0.25, -0.2) is 5.43 Å². The second-order valence-electron chi connectivity index (χ2n) is 6.70. The lowest BCUT2D eigenvalue weighted by Gasteiger charge is -2.27. The lowest BCUT2D eigenvalue weighted by molar-refractivity contribution is -0.119. The number of benzene rings is 1. The molecule has 3 rings (SSSR count). The average molecular weight is 387 g/mol. The third-order valence-electron chi connectivity index (χ3n) is 4.42. The molecular formula is C20H26N4O2S. The molecule has 1 saturated heterocycles. The van der Waals surface area contributed by atoms with E-state index in [2.05, 4.69) is 45.9 Å². The molecule has 6 nitrogen and oxygen atoms in total. The van der Waals surface area contributed by atoms with Crippen LogP contribution in [0, 0.1) is 20.8 Å². The van der Waals surface area contributed by atoms with Crippen LogP contribution in [0.5, 0.6) is 0 Å². The fraction of sp³-hybridized carbons (Fsp3) is 0.400. The minimum atomic E-state index is -0.171. The number of hydrazone groups is 1. The predicted molar refractivity (Wildman–Crippen MR) is 112 cm³/mol. The first-order chi connectivity index (χ1) is 13.0. The molecule has 2 aromatic rings. The summed E-state index contributed by atoms with van der Waals surface area (Å²) in [7, 11) is 0. The molecule has 1 fully saturated rings. The Morgan fingerprint density at radius 2 is 1.93 bits per heavy atom. The number of carbonyl (C=O) groups is 1. The Bertz CT molecular complexity index is 802. The second-order valence-corrected chi connectivity index (χ2v) is 7.79. The summed E-state index contributed by atoms with van der Waals surface area (Å²) in [5, 5.41) is 8.48. The molecule has 1 aliphatic rings. The molecule has 0 saturated carbocycles. The summed E-state index contributed by atoms with van der Waals surface area (Å²) in [6.07, 6.45) is 1.69. The third-order valence-corrected chi connectivity index (χ3v) is 5.50. The second kappa shape index (κ2) is 9.01. The number of hydrogen-bond acceptors (Lipinski definition) is 6. The smallest absolute Gasteiger partial charge is 0.259 e. The molecule has 1 aliphatic heterocycles. The molecule has 0 bridgehead atoms. The van der Waals surface area contributed by atoms with Gasteiger partial charge in [-0.15, -0.1) is 11.3 Å². The van der Waals surface area contributed by atoms with Gasteiger partial charge in [0.2, 0.25) is 0 Å². The summed E-state index contributed by atoms with van der Waals surface area (Å²) in [5.74, 6) is -0.171. The van der Waals surface area contributed by atoms with Crippen molar-refractivity contribution in [3.8, 4) is 0 Å². The number of anilines is 2. The van der Waals surface area contributed by atoms with Gasteiger partial charge in [-0.05, 0) is 44.0 Å². The molecule has 1 aromatic heterocycles. The van der Waals surface area contributed by atoms with Gasteiger partial charge < -0.3 is 15.0 Å². The Labute approximate surface area is 164 Å². The Kier molecular flexibility index (Phi) is 6.47. The number of thiophene rings is 1. The van der Waals surface area contributed by atoms with Crippen molar-refractivity contribution >= 4 is 34.1 Å². The van der Waals surface area contributed by atoms with Crippen LogP contribution in [-0.4, -0.2) is 45.0 Å². The van der Waals surface area contributed by atoms with Crippen LogP contribution >= 0.6 is 11.3 Å². The first-order valence-corrected chi connectivity index (χ1v) is 9.91. The number of rotatable bonds is 6. The Hall–Kier alpha value is -2.38. The maximum atomic E-state index is 12.0. The van der Waals surface area contributed by atoms with Gasteiger partial charge in [0.05, 0.1) is 31.0 Å². The first kappa shape index (κ1) is 19.4. The van der Waals surface area contributed by atoms with Crippen LogP contribution in [-0.2, 0) is 9.53 Å². The average Bonchev–Trinajstić information content (AvgIpc) is 3.10. The lowest BCUT2D eigenvalue weighted by Crippen LogP contribution is -2.35. The van der Waals surface area contributed by atoms with Gasteiger partial charge >= 0.3 is 0 Å². The van der Waals surface area contributed by atoms with Crippen LogP contribution in [0.4, 0.5) is 10.7 Å². The fourth-order valence-electron chi connectivity index (χ4n) is 3.20. The van der Waals surface area contributed by atoms with E-state index in [4.69, 9.17) is 4.74 Å². The molecule has 0 aliphatic carbocycles. The number of carbonyl (C=O) groups excluding carboxylic acids is 1. The van der Waals surface area contributed by atoms with E-state index in [1.807, 2.05) is 19.9 Å². The summed E-state index contributed by atoms with van der Waals surface area (Å²) < 4.78 is 5.38. The van der Waals surface area contributed by atoms with Crippen LogP contribution < -0.4 is 15.6 Å². The SMILES string of the molecule is Cc1cc(C)c(NCC(=O)N/N=C\c2ccc(N3CCOCC3)s2)c(C)c1. The van der Waals surface area contributed by atoms with E-state index in [9.17, 15) is 4.79 Å². The molecule has 27 heavy (non-hydrogen) atoms. The minimum absolute atomic E-state index is 0.171. The van der Waals surface area contributed by atoms with Crippen molar-refractivity contribution in [2.24, 2.45) is 5.10 Å². The highest BCUT2D eigenvalue weighted by Gasteiger charge is 2.12. The number of nitrogens with zero attached hydrogens (tertiary/aromatic N) is 2.